The summed E-state index contributed by atoms with van der Waals surface area (Å²) in [4.78, 5) is 8.95. The lowest BCUT2D eigenvalue weighted by molar-refractivity contribution is 1.22. The quantitative estimate of drug-likeness (QED) is 0.651. The number of aromatic nitrogens is 2. The maximum atomic E-state index is 6.00. The molecular weight excluding hydrogens is 236 g/mol. The van der Waals surface area contributed by atoms with Crippen LogP contribution < -0.4 is 11.5 Å². The number of rotatable bonds is 1. The molecule has 3 rings (SSSR count). The van der Waals surface area contributed by atoms with Crippen LogP contribution in [-0.2, 0) is 0 Å². The van der Waals surface area contributed by atoms with Crippen LogP contribution in [0.3, 0.4) is 0 Å². The van der Waals surface area contributed by atoms with Gasteiger partial charge in [0.05, 0.1) is 5.52 Å². The first-order chi connectivity index (χ1) is 9.15. The van der Waals surface area contributed by atoms with E-state index in [4.69, 9.17) is 11.5 Å². The van der Waals surface area contributed by atoms with Gasteiger partial charge in [-0.15, -0.1) is 0 Å². The molecule has 0 aliphatic rings. The maximum Gasteiger partial charge on any atom is 0.162 e. The van der Waals surface area contributed by atoms with Crippen molar-refractivity contribution in [1.82, 2.24) is 9.97 Å². The van der Waals surface area contributed by atoms with Gasteiger partial charge in [0.2, 0.25) is 0 Å². The summed E-state index contributed by atoms with van der Waals surface area (Å²) in [5.74, 6) is 1.10. The van der Waals surface area contributed by atoms with Crippen LogP contribution in [0.4, 0.5) is 11.5 Å². The highest BCUT2D eigenvalue weighted by atomic mass is 14.9. The Balaban J connectivity index is 2.28. The molecule has 0 amide bonds. The summed E-state index contributed by atoms with van der Waals surface area (Å²) in [6, 6.07) is 13.4. The molecule has 4 heteroatoms. The molecule has 0 atom stereocenters. The average molecular weight is 250 g/mol. The second-order valence-corrected chi connectivity index (χ2v) is 4.52. The van der Waals surface area contributed by atoms with Gasteiger partial charge < -0.3 is 11.5 Å². The normalized spacial score (nSPS) is 10.8. The number of nitrogens with zero attached hydrogens (tertiary/aromatic N) is 2. The molecule has 19 heavy (non-hydrogen) atoms. The third-order valence-corrected chi connectivity index (χ3v) is 3.14. The number of benzene rings is 2. The van der Waals surface area contributed by atoms with E-state index in [2.05, 4.69) is 9.97 Å². The Labute approximate surface area is 111 Å². The molecule has 3 aromatic rings. The van der Waals surface area contributed by atoms with Gasteiger partial charge in [0.25, 0.3) is 0 Å². The van der Waals surface area contributed by atoms with Gasteiger partial charge in [0.15, 0.2) is 5.82 Å². The molecule has 0 aliphatic carbocycles. The molecule has 4 nitrogen and oxygen atoms in total. The van der Waals surface area contributed by atoms with E-state index in [-0.39, 0.29) is 0 Å². The molecule has 94 valence electrons. The molecule has 0 fully saturated rings. The molecule has 0 saturated carbocycles. The van der Waals surface area contributed by atoms with Crippen molar-refractivity contribution in [3.05, 3.63) is 48.0 Å². The average Bonchev–Trinajstić information content (AvgIpc) is 2.41. The highest BCUT2D eigenvalue weighted by molar-refractivity contribution is 5.89. The van der Waals surface area contributed by atoms with E-state index < -0.39 is 0 Å². The van der Waals surface area contributed by atoms with Crippen molar-refractivity contribution in [2.75, 3.05) is 11.5 Å². The first kappa shape index (κ1) is 11.5. The number of nitrogens with two attached hydrogens (primary N) is 2. The van der Waals surface area contributed by atoms with E-state index in [0.29, 0.717) is 17.3 Å². The Bertz CT molecular complexity index is 765. The van der Waals surface area contributed by atoms with Crippen LogP contribution in [-0.4, -0.2) is 9.97 Å². The molecule has 0 aliphatic heterocycles. The highest BCUT2D eigenvalue weighted by Gasteiger charge is 2.09. The lowest BCUT2D eigenvalue weighted by atomic mass is 10.1. The topological polar surface area (TPSA) is 77.8 Å². The van der Waals surface area contributed by atoms with Crippen molar-refractivity contribution in [2.24, 2.45) is 0 Å². The van der Waals surface area contributed by atoms with Gasteiger partial charge in [-0.1, -0.05) is 18.2 Å². The fourth-order valence-electron chi connectivity index (χ4n) is 2.10. The first-order valence-electron chi connectivity index (χ1n) is 6.04. The summed E-state index contributed by atoms with van der Waals surface area (Å²) in [7, 11) is 0. The van der Waals surface area contributed by atoms with E-state index in [9.17, 15) is 0 Å². The van der Waals surface area contributed by atoms with Crippen LogP contribution in [0.2, 0.25) is 0 Å². The second-order valence-electron chi connectivity index (χ2n) is 4.52. The maximum absolute atomic E-state index is 6.00. The van der Waals surface area contributed by atoms with Gasteiger partial charge in [0.1, 0.15) is 5.82 Å². The summed E-state index contributed by atoms with van der Waals surface area (Å²) in [5, 5.41) is 0.868. The number of aryl methyl sites for hydroxylation is 1. The van der Waals surface area contributed by atoms with Crippen molar-refractivity contribution >= 4 is 22.4 Å². The predicted molar refractivity (Wildman–Crippen MR) is 78.5 cm³/mol. The zero-order valence-electron chi connectivity index (χ0n) is 10.6. The summed E-state index contributed by atoms with van der Waals surface area (Å²) in [6.45, 7) is 2.00. The van der Waals surface area contributed by atoms with Gasteiger partial charge in [-0.05, 0) is 36.8 Å². The third-order valence-electron chi connectivity index (χ3n) is 3.14. The van der Waals surface area contributed by atoms with Crippen molar-refractivity contribution in [2.45, 2.75) is 6.92 Å². The van der Waals surface area contributed by atoms with E-state index in [0.717, 1.165) is 22.0 Å². The SMILES string of the molecule is Cc1ccc(N)cc1-c1nc(N)c2ccccc2n1. The monoisotopic (exact) mass is 250 g/mol. The summed E-state index contributed by atoms with van der Waals surface area (Å²) in [6.07, 6.45) is 0. The fraction of sp³-hybridized carbons (Fsp3) is 0.0667. The molecule has 1 heterocycles. The molecule has 0 saturated heterocycles. The van der Waals surface area contributed by atoms with Crippen molar-refractivity contribution in [3.63, 3.8) is 0 Å². The summed E-state index contributed by atoms with van der Waals surface area (Å²) < 4.78 is 0. The number of para-hydroxylation sites is 1. The molecule has 0 bridgehead atoms. The molecule has 1 aromatic heterocycles. The van der Waals surface area contributed by atoms with Gasteiger partial charge in [-0.2, -0.15) is 0 Å². The van der Waals surface area contributed by atoms with Gasteiger partial charge in [-0.25, -0.2) is 9.97 Å². The highest BCUT2D eigenvalue weighted by Crippen LogP contribution is 2.26. The number of nitrogen functional groups attached to an aromatic ring is 2. The van der Waals surface area contributed by atoms with E-state index in [1.807, 2.05) is 49.4 Å². The number of hydrogen-bond acceptors (Lipinski definition) is 4. The van der Waals surface area contributed by atoms with Gasteiger partial charge in [-0.3, -0.25) is 0 Å². The number of anilines is 2. The Morgan fingerprint density at radius 1 is 0.947 bits per heavy atom. The van der Waals surface area contributed by atoms with Crippen LogP contribution >= 0.6 is 0 Å². The van der Waals surface area contributed by atoms with Crippen molar-refractivity contribution < 1.29 is 0 Å². The Hall–Kier alpha value is -2.62. The Kier molecular flexibility index (Phi) is 2.56. The van der Waals surface area contributed by atoms with E-state index in [1.54, 1.807) is 0 Å². The molecule has 0 spiro atoms. The van der Waals surface area contributed by atoms with E-state index >= 15 is 0 Å². The van der Waals surface area contributed by atoms with Crippen molar-refractivity contribution in [3.8, 4) is 11.4 Å². The Morgan fingerprint density at radius 2 is 1.74 bits per heavy atom. The van der Waals surface area contributed by atoms with Crippen LogP contribution in [0.15, 0.2) is 42.5 Å². The van der Waals surface area contributed by atoms with Crippen LogP contribution in [0, 0.1) is 6.92 Å². The molecule has 0 radical (unpaired) electrons. The lowest BCUT2D eigenvalue weighted by Gasteiger charge is -2.08. The largest absolute Gasteiger partial charge is 0.399 e. The van der Waals surface area contributed by atoms with Crippen LogP contribution in [0.5, 0.6) is 0 Å². The molecule has 4 N–H and O–H groups in total. The van der Waals surface area contributed by atoms with Crippen molar-refractivity contribution in [1.29, 1.82) is 0 Å². The molecular formula is C15H14N4. The van der Waals surface area contributed by atoms with Gasteiger partial charge in [0, 0.05) is 16.6 Å². The summed E-state index contributed by atoms with van der Waals surface area (Å²) in [5.41, 5.74) is 15.3. The second kappa shape index (κ2) is 4.24. The minimum absolute atomic E-state index is 0.488. The molecule has 0 unspecified atom stereocenters. The van der Waals surface area contributed by atoms with Gasteiger partial charge >= 0.3 is 0 Å². The minimum Gasteiger partial charge on any atom is -0.399 e. The zero-order valence-corrected chi connectivity index (χ0v) is 10.6. The lowest BCUT2D eigenvalue weighted by Crippen LogP contribution is -1.99. The zero-order chi connectivity index (χ0) is 13.4. The fourth-order valence-corrected chi connectivity index (χ4v) is 2.10. The van der Waals surface area contributed by atoms with E-state index in [1.165, 1.54) is 0 Å². The predicted octanol–water partition coefficient (Wildman–Crippen LogP) is 2.77. The standard InChI is InChI=1S/C15H14N4/c1-9-6-7-10(16)8-12(9)15-18-13-5-3-2-4-11(13)14(17)19-15/h2-8H,16H2,1H3,(H2,17,18,19). The van der Waals surface area contributed by atoms with Crippen LogP contribution in [0.25, 0.3) is 22.3 Å². The Morgan fingerprint density at radius 3 is 2.58 bits per heavy atom. The molecule has 2 aromatic carbocycles. The summed E-state index contributed by atoms with van der Waals surface area (Å²) >= 11 is 0. The van der Waals surface area contributed by atoms with Crippen LogP contribution in [0.1, 0.15) is 5.56 Å². The number of fused-ring (bicyclic) bond motifs is 1. The minimum atomic E-state index is 0.488. The third kappa shape index (κ3) is 1.97. The number of hydrogen-bond donors (Lipinski definition) is 2. The smallest absolute Gasteiger partial charge is 0.162 e. The first-order valence-corrected chi connectivity index (χ1v) is 6.04.